The average Bonchev–Trinajstić information content (AvgIpc) is 2.57. The van der Waals surface area contributed by atoms with E-state index in [0.29, 0.717) is 0 Å². The Hall–Kier alpha value is -1.13. The van der Waals surface area contributed by atoms with Crippen molar-refractivity contribution in [1.29, 1.82) is 0 Å². The van der Waals surface area contributed by atoms with Crippen molar-refractivity contribution in [3.63, 3.8) is 0 Å². The van der Waals surface area contributed by atoms with Gasteiger partial charge >= 0.3 is 35.6 Å². The van der Waals surface area contributed by atoms with Crippen molar-refractivity contribution in [3.05, 3.63) is 59.3 Å². The summed E-state index contributed by atoms with van der Waals surface area (Å²) in [7, 11) is -4.52. The van der Waals surface area contributed by atoms with Gasteiger partial charge in [0.25, 0.3) is 10.1 Å². The third-order valence-electron chi connectivity index (χ3n) is 3.71. The van der Waals surface area contributed by atoms with Crippen LogP contribution in [-0.4, -0.2) is 36.0 Å². The quantitative estimate of drug-likeness (QED) is 0.527. The molecule has 0 aromatic heterocycles. The molecule has 0 saturated carbocycles. The summed E-state index contributed by atoms with van der Waals surface area (Å²) in [6, 6.07) is 13.0. The van der Waals surface area contributed by atoms with Crippen LogP contribution in [0.1, 0.15) is 6.99 Å². The zero-order valence-electron chi connectivity index (χ0n) is 14.9. The fraction of sp³-hybridized carbons (Fsp3) is 0.188. The Morgan fingerprint density at radius 3 is 2.65 bits per heavy atom. The van der Waals surface area contributed by atoms with Crippen molar-refractivity contribution < 1.29 is 53.5 Å². The Bertz CT molecular complexity index is 951. The van der Waals surface area contributed by atoms with E-state index in [1.165, 1.54) is 0 Å². The van der Waals surface area contributed by atoms with Gasteiger partial charge in [-0.15, -0.1) is 0 Å². The van der Waals surface area contributed by atoms with Crippen LogP contribution in [0.3, 0.4) is 0 Å². The summed E-state index contributed by atoms with van der Waals surface area (Å²) in [5.41, 5.74) is 0.960. The molecule has 2 aromatic rings. The minimum Gasteiger partial charge on any atom is -1.00 e. The maximum atomic E-state index is 11.9. The van der Waals surface area contributed by atoms with Crippen LogP contribution in [0.25, 0.3) is 10.8 Å². The summed E-state index contributed by atoms with van der Waals surface area (Å²) in [6.07, 6.45) is 1.13. The molecule has 0 fully saturated rings. The second-order valence-corrected chi connectivity index (χ2v) is 7.38. The predicted octanol–water partition coefficient (Wildman–Crippen LogP) is -0.250. The molecule has 1 aliphatic rings. The molecule has 10 heteroatoms. The molecule has 0 bridgehead atoms. The number of urea groups is 1. The SMILES string of the molecule is O=C1NC(S(=O)(=O)O)C(Cl)=CN1COCc1cccc2ccccc12.[H-].[Na+]. The topological polar surface area (TPSA) is 95.9 Å². The zero-order valence-corrected chi connectivity index (χ0v) is 17.5. The van der Waals surface area contributed by atoms with Crippen LogP contribution in [0.5, 0.6) is 0 Å². The molecule has 2 amide bonds. The maximum Gasteiger partial charge on any atom is 1.00 e. The number of rotatable bonds is 5. The standard InChI is InChI=1S/C16H15ClN2O5S.Na.H/c17-14-8-19(16(20)18-15(14)25(21,22)23)10-24-9-12-6-3-5-11-4-1-2-7-13(11)12;;/h1-8,15H,9-10H2,(H,18,20)(H,21,22,23);;/q;+1;-1. The summed E-state index contributed by atoms with van der Waals surface area (Å²) in [5, 5.41) is 2.35. The van der Waals surface area contributed by atoms with Gasteiger partial charge in [0, 0.05) is 6.20 Å². The van der Waals surface area contributed by atoms with Gasteiger partial charge in [-0.2, -0.15) is 8.42 Å². The van der Waals surface area contributed by atoms with Crippen molar-refractivity contribution in [2.75, 3.05) is 6.73 Å². The van der Waals surface area contributed by atoms with Crippen molar-refractivity contribution in [1.82, 2.24) is 10.2 Å². The van der Waals surface area contributed by atoms with Crippen LogP contribution in [0.2, 0.25) is 0 Å². The van der Waals surface area contributed by atoms with Crippen molar-refractivity contribution >= 4 is 38.5 Å². The van der Waals surface area contributed by atoms with Gasteiger partial charge in [-0.05, 0) is 16.3 Å². The summed E-state index contributed by atoms with van der Waals surface area (Å²) < 4.78 is 36.9. The second-order valence-electron chi connectivity index (χ2n) is 5.44. The van der Waals surface area contributed by atoms with Crippen LogP contribution in [-0.2, 0) is 21.5 Å². The molecule has 2 N–H and O–H groups in total. The van der Waals surface area contributed by atoms with Crippen LogP contribution >= 0.6 is 11.6 Å². The first kappa shape index (κ1) is 21.2. The first-order valence-corrected chi connectivity index (χ1v) is 9.19. The maximum absolute atomic E-state index is 11.9. The fourth-order valence-electron chi connectivity index (χ4n) is 2.52. The van der Waals surface area contributed by atoms with E-state index in [1.807, 2.05) is 42.5 Å². The van der Waals surface area contributed by atoms with Gasteiger partial charge in [0.2, 0.25) is 0 Å². The second kappa shape index (κ2) is 8.71. The number of nitrogens with zero attached hydrogens (tertiary/aromatic N) is 1. The third kappa shape index (κ3) is 4.77. The van der Waals surface area contributed by atoms with Crippen LogP contribution in [0.15, 0.2) is 53.7 Å². The molecular weight excluding hydrogens is 391 g/mol. The molecule has 0 aliphatic carbocycles. The first-order valence-electron chi connectivity index (χ1n) is 7.31. The van der Waals surface area contributed by atoms with Crippen LogP contribution in [0, 0.1) is 0 Å². The molecule has 1 heterocycles. The predicted molar refractivity (Wildman–Crippen MR) is 94.4 cm³/mol. The van der Waals surface area contributed by atoms with E-state index in [9.17, 15) is 13.2 Å². The van der Waals surface area contributed by atoms with Crippen molar-refractivity contribution in [2.45, 2.75) is 12.0 Å². The fourth-order valence-corrected chi connectivity index (χ4v) is 3.63. The molecule has 0 spiro atoms. The molecule has 0 radical (unpaired) electrons. The van der Waals surface area contributed by atoms with Gasteiger partial charge in [-0.1, -0.05) is 54.1 Å². The van der Waals surface area contributed by atoms with E-state index in [2.05, 4.69) is 5.32 Å². The van der Waals surface area contributed by atoms with Gasteiger partial charge < -0.3 is 11.5 Å². The number of carbonyl (C=O) groups excluding carboxylic acids is 1. The van der Waals surface area contributed by atoms with Gasteiger partial charge in [-0.3, -0.25) is 9.45 Å². The molecule has 3 rings (SSSR count). The molecule has 1 atom stereocenters. The number of hydrogen-bond donors (Lipinski definition) is 2. The molecule has 7 nitrogen and oxygen atoms in total. The number of hydrogen-bond acceptors (Lipinski definition) is 4. The van der Waals surface area contributed by atoms with E-state index < -0.39 is 21.5 Å². The molecular formula is C16H16ClN2NaO5S. The summed E-state index contributed by atoms with van der Waals surface area (Å²) in [5.74, 6) is 0. The van der Waals surface area contributed by atoms with E-state index >= 15 is 0 Å². The monoisotopic (exact) mass is 406 g/mol. The largest absolute Gasteiger partial charge is 1.00 e. The van der Waals surface area contributed by atoms with E-state index in [4.69, 9.17) is 20.9 Å². The Labute approximate surface area is 179 Å². The Balaban J connectivity index is 0.00000182. The number of benzene rings is 2. The number of nitrogens with one attached hydrogen (secondary N) is 1. The number of halogens is 1. The smallest absolute Gasteiger partial charge is 1.00 e. The number of ether oxygens (including phenoxy) is 1. The normalized spacial score (nSPS) is 17.5. The Morgan fingerprint density at radius 1 is 1.23 bits per heavy atom. The number of fused-ring (bicyclic) bond motifs is 1. The molecule has 1 aliphatic heterocycles. The minimum atomic E-state index is -4.52. The molecule has 1 unspecified atom stereocenters. The van der Waals surface area contributed by atoms with Gasteiger partial charge in [0.1, 0.15) is 6.73 Å². The van der Waals surface area contributed by atoms with Gasteiger partial charge in [0.15, 0.2) is 5.37 Å². The summed E-state index contributed by atoms with van der Waals surface area (Å²) in [6.45, 7) is 0.141. The first-order chi connectivity index (χ1) is 11.9. The summed E-state index contributed by atoms with van der Waals surface area (Å²) in [4.78, 5) is 13.0. The van der Waals surface area contributed by atoms with Crippen molar-refractivity contribution in [2.24, 2.45) is 0 Å². The molecule has 2 aromatic carbocycles. The minimum absolute atomic E-state index is 0. The molecule has 134 valence electrons. The third-order valence-corrected chi connectivity index (χ3v) is 5.12. The number of carbonyl (C=O) groups is 1. The zero-order chi connectivity index (χ0) is 18.0. The van der Waals surface area contributed by atoms with E-state index in [-0.39, 0.29) is 49.4 Å². The van der Waals surface area contributed by atoms with E-state index in [0.717, 1.165) is 27.4 Å². The van der Waals surface area contributed by atoms with Crippen LogP contribution < -0.4 is 34.9 Å². The molecule has 26 heavy (non-hydrogen) atoms. The Morgan fingerprint density at radius 2 is 1.92 bits per heavy atom. The van der Waals surface area contributed by atoms with E-state index in [1.54, 1.807) is 0 Å². The van der Waals surface area contributed by atoms with Gasteiger partial charge in [-0.25, -0.2) is 4.79 Å². The average molecular weight is 407 g/mol. The number of amides is 2. The van der Waals surface area contributed by atoms with Crippen molar-refractivity contribution in [3.8, 4) is 0 Å². The van der Waals surface area contributed by atoms with Crippen LogP contribution in [0.4, 0.5) is 4.79 Å². The summed E-state index contributed by atoms with van der Waals surface area (Å²) >= 11 is 5.81. The van der Waals surface area contributed by atoms with Gasteiger partial charge in [0.05, 0.1) is 11.6 Å². The molecule has 0 saturated heterocycles. The Kier molecular flexibility index (Phi) is 7.09.